The van der Waals surface area contributed by atoms with Crippen LogP contribution in [-0.4, -0.2) is 34.9 Å². The van der Waals surface area contributed by atoms with Gasteiger partial charge in [-0.3, -0.25) is 14.7 Å². The van der Waals surface area contributed by atoms with Crippen molar-refractivity contribution >= 4 is 5.91 Å². The van der Waals surface area contributed by atoms with Crippen LogP contribution in [0.4, 0.5) is 0 Å². The van der Waals surface area contributed by atoms with Crippen LogP contribution >= 0.6 is 0 Å². The summed E-state index contributed by atoms with van der Waals surface area (Å²) in [6.45, 7) is 3.14. The average molecular weight is 376 g/mol. The molecule has 5 rings (SSSR count). The number of benzene rings is 1. The van der Waals surface area contributed by atoms with Gasteiger partial charge in [-0.05, 0) is 79.8 Å². The number of nitrogens with one attached hydrogen (secondary N) is 1. The molecular formula is C24H29N3O. The van der Waals surface area contributed by atoms with Crippen molar-refractivity contribution in [1.82, 2.24) is 15.2 Å². The van der Waals surface area contributed by atoms with Crippen molar-refractivity contribution in [1.29, 1.82) is 0 Å². The number of carbonyl (C=O) groups is 1. The van der Waals surface area contributed by atoms with Crippen molar-refractivity contribution in [3.05, 3.63) is 65.5 Å². The third-order valence-electron chi connectivity index (χ3n) is 6.91. The standard InChI is InChI=1S/C24H29N3O/c28-23(26-19-8-9-19)15-18-16-24(22-7-2-1-6-21(18)22)10-13-27(14-11-24)17-20-5-3-4-12-25-20/h1-7,12,18-19H,8-11,13-17H2,(H,26,28)/t18-/m0/s1. The molecule has 4 heteroatoms. The first kappa shape index (κ1) is 17.9. The van der Waals surface area contributed by atoms with Crippen LogP contribution in [0.1, 0.15) is 61.3 Å². The van der Waals surface area contributed by atoms with Gasteiger partial charge in [0.25, 0.3) is 0 Å². The maximum atomic E-state index is 12.5. The molecule has 1 aromatic heterocycles. The molecule has 1 saturated heterocycles. The molecule has 2 fully saturated rings. The fraction of sp³-hybridized carbons (Fsp3) is 0.500. The molecule has 2 heterocycles. The fourth-order valence-electron chi connectivity index (χ4n) is 5.28. The second kappa shape index (κ2) is 7.32. The van der Waals surface area contributed by atoms with E-state index in [2.05, 4.69) is 51.6 Å². The Kier molecular flexibility index (Phi) is 4.67. The third-order valence-corrected chi connectivity index (χ3v) is 6.91. The van der Waals surface area contributed by atoms with E-state index in [-0.39, 0.29) is 11.3 Å². The zero-order valence-corrected chi connectivity index (χ0v) is 16.4. The molecule has 4 nitrogen and oxygen atoms in total. The van der Waals surface area contributed by atoms with Crippen molar-refractivity contribution < 1.29 is 4.79 Å². The number of hydrogen-bond acceptors (Lipinski definition) is 3. The van der Waals surface area contributed by atoms with Crippen LogP contribution in [0.2, 0.25) is 0 Å². The van der Waals surface area contributed by atoms with Crippen LogP contribution in [0.15, 0.2) is 48.7 Å². The van der Waals surface area contributed by atoms with Gasteiger partial charge in [0, 0.05) is 25.2 Å². The summed E-state index contributed by atoms with van der Waals surface area (Å²) in [5.74, 6) is 0.615. The van der Waals surface area contributed by atoms with Crippen LogP contribution in [0, 0.1) is 0 Å². The first-order valence-corrected chi connectivity index (χ1v) is 10.7. The largest absolute Gasteiger partial charge is 0.353 e. The molecule has 0 unspecified atom stereocenters. The molecule has 146 valence electrons. The molecular weight excluding hydrogens is 346 g/mol. The number of rotatable bonds is 5. The zero-order valence-electron chi connectivity index (χ0n) is 16.4. The van der Waals surface area contributed by atoms with Gasteiger partial charge in [0.1, 0.15) is 0 Å². The molecule has 1 N–H and O–H groups in total. The first-order valence-electron chi connectivity index (χ1n) is 10.7. The van der Waals surface area contributed by atoms with Gasteiger partial charge in [-0.15, -0.1) is 0 Å². The number of likely N-dealkylation sites (tertiary alicyclic amines) is 1. The average Bonchev–Trinajstić information content (AvgIpc) is 3.48. The number of aromatic nitrogens is 1. The van der Waals surface area contributed by atoms with Crippen molar-refractivity contribution in [2.24, 2.45) is 0 Å². The molecule has 28 heavy (non-hydrogen) atoms. The second-order valence-corrected chi connectivity index (χ2v) is 8.91. The van der Waals surface area contributed by atoms with E-state index in [4.69, 9.17) is 0 Å². The van der Waals surface area contributed by atoms with Gasteiger partial charge < -0.3 is 5.32 Å². The first-order chi connectivity index (χ1) is 13.7. The van der Waals surface area contributed by atoms with Crippen molar-refractivity contribution in [2.45, 2.75) is 62.4 Å². The molecule has 0 bridgehead atoms. The van der Waals surface area contributed by atoms with E-state index in [9.17, 15) is 4.79 Å². The Bertz CT molecular complexity index is 838. The van der Waals surface area contributed by atoms with E-state index in [1.54, 1.807) is 0 Å². The Labute approximate surface area is 167 Å². The third kappa shape index (κ3) is 3.58. The molecule has 1 amide bonds. The van der Waals surface area contributed by atoms with Gasteiger partial charge >= 0.3 is 0 Å². The van der Waals surface area contributed by atoms with Crippen LogP contribution in [0.3, 0.4) is 0 Å². The summed E-state index contributed by atoms with van der Waals surface area (Å²) in [6, 6.07) is 15.5. The predicted molar refractivity (Wildman–Crippen MR) is 110 cm³/mol. The number of pyridine rings is 1. The van der Waals surface area contributed by atoms with E-state index in [0.717, 1.165) is 44.6 Å². The highest BCUT2D eigenvalue weighted by molar-refractivity contribution is 5.78. The number of carbonyl (C=O) groups excluding carboxylic acids is 1. The van der Waals surface area contributed by atoms with Crippen molar-refractivity contribution in [3.8, 4) is 0 Å². The Hall–Kier alpha value is -2.20. The predicted octanol–water partition coefficient (Wildman–Crippen LogP) is 3.77. The molecule has 1 saturated carbocycles. The van der Waals surface area contributed by atoms with Gasteiger partial charge in [0.05, 0.1) is 5.69 Å². The highest BCUT2D eigenvalue weighted by Gasteiger charge is 2.45. The van der Waals surface area contributed by atoms with E-state index in [1.807, 2.05) is 12.3 Å². The Morgan fingerprint density at radius 1 is 1.11 bits per heavy atom. The number of nitrogens with zero attached hydrogens (tertiary/aromatic N) is 2. The normalized spacial score (nSPS) is 23.5. The Morgan fingerprint density at radius 3 is 2.64 bits per heavy atom. The summed E-state index contributed by atoms with van der Waals surface area (Å²) in [5, 5.41) is 3.18. The highest BCUT2D eigenvalue weighted by Crippen LogP contribution is 2.52. The van der Waals surface area contributed by atoms with Crippen molar-refractivity contribution in [2.75, 3.05) is 13.1 Å². The minimum absolute atomic E-state index is 0.243. The summed E-state index contributed by atoms with van der Waals surface area (Å²) < 4.78 is 0. The van der Waals surface area contributed by atoms with E-state index in [0.29, 0.717) is 18.4 Å². The quantitative estimate of drug-likeness (QED) is 0.865. The summed E-state index contributed by atoms with van der Waals surface area (Å²) in [7, 11) is 0. The number of fused-ring (bicyclic) bond motifs is 2. The van der Waals surface area contributed by atoms with Gasteiger partial charge in [-0.1, -0.05) is 30.3 Å². The number of piperidine rings is 1. The lowest BCUT2D eigenvalue weighted by Gasteiger charge is -2.40. The monoisotopic (exact) mass is 375 g/mol. The van der Waals surface area contributed by atoms with E-state index in [1.165, 1.54) is 24.0 Å². The van der Waals surface area contributed by atoms with Gasteiger partial charge in [-0.25, -0.2) is 0 Å². The summed E-state index contributed by atoms with van der Waals surface area (Å²) in [6.07, 6.45) is 8.32. The Morgan fingerprint density at radius 2 is 1.89 bits per heavy atom. The topological polar surface area (TPSA) is 45.2 Å². The molecule has 1 atom stereocenters. The molecule has 3 aliphatic rings. The minimum atomic E-state index is 0.243. The Balaban J connectivity index is 1.28. The van der Waals surface area contributed by atoms with Crippen LogP contribution in [0.5, 0.6) is 0 Å². The van der Waals surface area contributed by atoms with Crippen LogP contribution < -0.4 is 5.32 Å². The minimum Gasteiger partial charge on any atom is -0.353 e. The van der Waals surface area contributed by atoms with Crippen LogP contribution in [-0.2, 0) is 16.8 Å². The molecule has 1 aliphatic heterocycles. The number of amides is 1. The van der Waals surface area contributed by atoms with Crippen molar-refractivity contribution in [3.63, 3.8) is 0 Å². The lowest BCUT2D eigenvalue weighted by Crippen LogP contribution is -2.41. The maximum absolute atomic E-state index is 12.5. The van der Waals surface area contributed by atoms with Gasteiger partial charge in [0.2, 0.25) is 5.91 Å². The second-order valence-electron chi connectivity index (χ2n) is 8.91. The SMILES string of the molecule is O=C(C[C@H]1CC2(CCN(Cc3ccccn3)CC2)c2ccccc21)NC1CC1. The molecule has 1 aromatic carbocycles. The lowest BCUT2D eigenvalue weighted by molar-refractivity contribution is -0.121. The molecule has 2 aliphatic carbocycles. The lowest BCUT2D eigenvalue weighted by atomic mass is 9.73. The zero-order chi connectivity index (χ0) is 19.0. The number of hydrogen-bond donors (Lipinski definition) is 1. The summed E-state index contributed by atoms with van der Waals surface area (Å²) >= 11 is 0. The summed E-state index contributed by atoms with van der Waals surface area (Å²) in [5.41, 5.74) is 4.34. The highest BCUT2D eigenvalue weighted by atomic mass is 16.1. The smallest absolute Gasteiger partial charge is 0.220 e. The molecule has 1 spiro atoms. The molecule has 2 aromatic rings. The van der Waals surface area contributed by atoms with Gasteiger partial charge in [-0.2, -0.15) is 0 Å². The summed E-state index contributed by atoms with van der Waals surface area (Å²) in [4.78, 5) is 19.5. The molecule has 0 radical (unpaired) electrons. The van der Waals surface area contributed by atoms with E-state index >= 15 is 0 Å². The van der Waals surface area contributed by atoms with Crippen LogP contribution in [0.25, 0.3) is 0 Å². The maximum Gasteiger partial charge on any atom is 0.220 e. The van der Waals surface area contributed by atoms with E-state index < -0.39 is 0 Å². The fourth-order valence-corrected chi connectivity index (χ4v) is 5.28. The van der Waals surface area contributed by atoms with Gasteiger partial charge in [0.15, 0.2) is 0 Å².